The highest BCUT2D eigenvalue weighted by atomic mass is 16.2. The van der Waals surface area contributed by atoms with Gasteiger partial charge in [0.05, 0.1) is 0 Å². The lowest BCUT2D eigenvalue weighted by Crippen LogP contribution is -2.52. The van der Waals surface area contributed by atoms with Gasteiger partial charge in [0.15, 0.2) is 0 Å². The number of amides is 1. The molecule has 3 nitrogen and oxygen atoms in total. The number of rotatable bonds is 4. The fourth-order valence-electron chi connectivity index (χ4n) is 3.96. The molecule has 1 aliphatic heterocycles. The molecular formula is C16H30N2O. The SMILES string of the molecule is CC(C)CC1(C(=O)NC2CNCC(C)C2)CCCC1. The lowest BCUT2D eigenvalue weighted by Gasteiger charge is -2.34. The summed E-state index contributed by atoms with van der Waals surface area (Å²) in [6.45, 7) is 8.75. The minimum Gasteiger partial charge on any atom is -0.352 e. The third-order valence-electron chi connectivity index (χ3n) is 4.75. The lowest BCUT2D eigenvalue weighted by molar-refractivity contribution is -0.132. The molecule has 0 bridgehead atoms. The molecule has 110 valence electrons. The number of nitrogens with one attached hydrogen (secondary N) is 2. The molecule has 0 spiro atoms. The van der Waals surface area contributed by atoms with Gasteiger partial charge in [-0.05, 0) is 44.1 Å². The standard InChI is InChI=1S/C16H30N2O/c1-12(2)9-16(6-4-5-7-16)15(19)18-14-8-13(3)10-17-11-14/h12-14,17H,4-11H2,1-3H3,(H,18,19). The first-order valence-electron chi connectivity index (χ1n) is 8.03. The molecular weight excluding hydrogens is 236 g/mol. The van der Waals surface area contributed by atoms with Crippen LogP contribution in [0.1, 0.15) is 59.3 Å². The first kappa shape index (κ1) is 14.8. The molecule has 2 unspecified atom stereocenters. The lowest BCUT2D eigenvalue weighted by atomic mass is 9.77. The molecule has 1 saturated carbocycles. The second-order valence-electron chi connectivity index (χ2n) is 7.25. The summed E-state index contributed by atoms with van der Waals surface area (Å²) in [5.41, 5.74) is -0.0607. The van der Waals surface area contributed by atoms with Gasteiger partial charge in [0.2, 0.25) is 5.91 Å². The van der Waals surface area contributed by atoms with Crippen molar-refractivity contribution in [2.24, 2.45) is 17.3 Å². The summed E-state index contributed by atoms with van der Waals surface area (Å²) in [7, 11) is 0. The molecule has 19 heavy (non-hydrogen) atoms. The summed E-state index contributed by atoms with van der Waals surface area (Å²) in [6.07, 6.45) is 6.80. The minimum absolute atomic E-state index is 0.0607. The van der Waals surface area contributed by atoms with E-state index in [9.17, 15) is 4.79 Å². The highest BCUT2D eigenvalue weighted by Gasteiger charge is 2.42. The van der Waals surface area contributed by atoms with Crippen molar-refractivity contribution in [1.82, 2.24) is 10.6 Å². The van der Waals surface area contributed by atoms with E-state index in [1.165, 1.54) is 12.8 Å². The van der Waals surface area contributed by atoms with Crippen molar-refractivity contribution in [3.05, 3.63) is 0 Å². The van der Waals surface area contributed by atoms with Gasteiger partial charge >= 0.3 is 0 Å². The van der Waals surface area contributed by atoms with E-state index in [0.717, 1.165) is 38.8 Å². The molecule has 0 radical (unpaired) electrons. The Hall–Kier alpha value is -0.570. The highest BCUT2D eigenvalue weighted by molar-refractivity contribution is 5.83. The molecule has 3 heteroatoms. The molecule has 2 aliphatic rings. The Bertz CT molecular complexity index is 308. The molecule has 0 aromatic heterocycles. The second kappa shape index (κ2) is 6.25. The maximum Gasteiger partial charge on any atom is 0.226 e. The van der Waals surface area contributed by atoms with Gasteiger partial charge in [0.25, 0.3) is 0 Å². The van der Waals surface area contributed by atoms with Crippen molar-refractivity contribution in [2.45, 2.75) is 65.3 Å². The summed E-state index contributed by atoms with van der Waals surface area (Å²) in [5, 5.41) is 6.76. The fraction of sp³-hybridized carbons (Fsp3) is 0.938. The molecule has 2 rings (SSSR count). The van der Waals surface area contributed by atoms with Gasteiger partial charge in [-0.1, -0.05) is 33.6 Å². The van der Waals surface area contributed by atoms with E-state index in [1.54, 1.807) is 0 Å². The predicted molar refractivity (Wildman–Crippen MR) is 78.9 cm³/mol. The Morgan fingerprint density at radius 2 is 2.00 bits per heavy atom. The molecule has 2 atom stereocenters. The van der Waals surface area contributed by atoms with Crippen molar-refractivity contribution in [3.63, 3.8) is 0 Å². The van der Waals surface area contributed by atoms with Gasteiger partial charge in [-0.2, -0.15) is 0 Å². The zero-order valence-corrected chi connectivity index (χ0v) is 12.8. The van der Waals surface area contributed by atoms with Crippen LogP contribution in [0.2, 0.25) is 0 Å². The van der Waals surface area contributed by atoms with E-state index in [1.807, 2.05) is 0 Å². The van der Waals surface area contributed by atoms with Crippen molar-refractivity contribution in [1.29, 1.82) is 0 Å². The summed E-state index contributed by atoms with van der Waals surface area (Å²) < 4.78 is 0. The van der Waals surface area contributed by atoms with Gasteiger partial charge in [0.1, 0.15) is 0 Å². The fourth-order valence-corrected chi connectivity index (χ4v) is 3.96. The van der Waals surface area contributed by atoms with Crippen LogP contribution in [0.5, 0.6) is 0 Å². The van der Waals surface area contributed by atoms with E-state index >= 15 is 0 Å². The van der Waals surface area contributed by atoms with Crippen molar-refractivity contribution in [3.8, 4) is 0 Å². The second-order valence-corrected chi connectivity index (χ2v) is 7.25. The summed E-state index contributed by atoms with van der Waals surface area (Å²) in [6, 6.07) is 0.334. The highest BCUT2D eigenvalue weighted by Crippen LogP contribution is 2.43. The molecule has 1 amide bonds. The van der Waals surface area contributed by atoms with E-state index in [0.29, 0.717) is 23.8 Å². The number of piperidine rings is 1. The third-order valence-corrected chi connectivity index (χ3v) is 4.75. The Balaban J connectivity index is 1.95. The average Bonchev–Trinajstić information content (AvgIpc) is 2.78. The summed E-state index contributed by atoms with van der Waals surface area (Å²) in [4.78, 5) is 12.7. The van der Waals surface area contributed by atoms with Gasteiger partial charge < -0.3 is 10.6 Å². The predicted octanol–water partition coefficient (Wildman–Crippen LogP) is 2.71. The molecule has 0 aromatic carbocycles. The van der Waals surface area contributed by atoms with Crippen molar-refractivity contribution < 1.29 is 4.79 Å². The Morgan fingerprint density at radius 3 is 2.58 bits per heavy atom. The summed E-state index contributed by atoms with van der Waals surface area (Å²) >= 11 is 0. The van der Waals surface area contributed by atoms with E-state index in [2.05, 4.69) is 31.4 Å². The first-order chi connectivity index (χ1) is 9.02. The Morgan fingerprint density at radius 1 is 1.32 bits per heavy atom. The molecule has 0 aromatic rings. The number of hydrogen-bond donors (Lipinski definition) is 2. The van der Waals surface area contributed by atoms with E-state index < -0.39 is 0 Å². The quantitative estimate of drug-likeness (QED) is 0.821. The van der Waals surface area contributed by atoms with Gasteiger partial charge in [-0.25, -0.2) is 0 Å². The zero-order chi connectivity index (χ0) is 13.9. The third kappa shape index (κ3) is 3.71. The minimum atomic E-state index is -0.0607. The Labute approximate surface area is 117 Å². The van der Waals surface area contributed by atoms with Crippen molar-refractivity contribution >= 4 is 5.91 Å². The van der Waals surface area contributed by atoms with Crippen LogP contribution in [-0.2, 0) is 4.79 Å². The molecule has 1 heterocycles. The van der Waals surface area contributed by atoms with E-state index in [4.69, 9.17) is 0 Å². The maximum atomic E-state index is 12.7. The molecule has 1 saturated heterocycles. The largest absolute Gasteiger partial charge is 0.352 e. The molecule has 2 N–H and O–H groups in total. The average molecular weight is 266 g/mol. The Kier molecular flexibility index (Phi) is 4.88. The van der Waals surface area contributed by atoms with Gasteiger partial charge in [0, 0.05) is 18.0 Å². The monoisotopic (exact) mass is 266 g/mol. The number of hydrogen-bond acceptors (Lipinski definition) is 2. The van der Waals surface area contributed by atoms with Crippen LogP contribution in [0, 0.1) is 17.3 Å². The van der Waals surface area contributed by atoms with Gasteiger partial charge in [-0.3, -0.25) is 4.79 Å². The maximum absolute atomic E-state index is 12.7. The normalized spacial score (nSPS) is 30.5. The first-order valence-corrected chi connectivity index (χ1v) is 8.03. The zero-order valence-electron chi connectivity index (χ0n) is 12.8. The molecule has 2 fully saturated rings. The smallest absolute Gasteiger partial charge is 0.226 e. The van der Waals surface area contributed by atoms with Gasteiger partial charge in [-0.15, -0.1) is 0 Å². The number of carbonyl (C=O) groups excluding carboxylic acids is 1. The van der Waals surface area contributed by atoms with Crippen LogP contribution in [-0.4, -0.2) is 25.0 Å². The molecule has 1 aliphatic carbocycles. The van der Waals surface area contributed by atoms with E-state index in [-0.39, 0.29) is 5.41 Å². The van der Waals surface area contributed by atoms with Crippen LogP contribution < -0.4 is 10.6 Å². The van der Waals surface area contributed by atoms with Crippen LogP contribution >= 0.6 is 0 Å². The summed E-state index contributed by atoms with van der Waals surface area (Å²) in [5.74, 6) is 1.61. The van der Waals surface area contributed by atoms with Crippen LogP contribution in [0.3, 0.4) is 0 Å². The van der Waals surface area contributed by atoms with Crippen molar-refractivity contribution in [2.75, 3.05) is 13.1 Å². The van der Waals surface area contributed by atoms with Crippen LogP contribution in [0.4, 0.5) is 0 Å². The van der Waals surface area contributed by atoms with Crippen LogP contribution in [0.25, 0.3) is 0 Å². The topological polar surface area (TPSA) is 41.1 Å². The number of carbonyl (C=O) groups is 1. The van der Waals surface area contributed by atoms with Crippen LogP contribution in [0.15, 0.2) is 0 Å².